The number of aromatic nitrogens is 2. The van der Waals surface area contributed by atoms with Gasteiger partial charge in [-0.15, -0.1) is 0 Å². The van der Waals surface area contributed by atoms with Crippen molar-refractivity contribution in [1.82, 2.24) is 10.1 Å². The van der Waals surface area contributed by atoms with Crippen LogP contribution in [0.5, 0.6) is 0 Å². The molecule has 0 unspecified atom stereocenters. The third kappa shape index (κ3) is 1.63. The predicted molar refractivity (Wildman–Crippen MR) is 61.2 cm³/mol. The zero-order valence-corrected chi connectivity index (χ0v) is 8.97. The van der Waals surface area contributed by atoms with Crippen LogP contribution in [0.1, 0.15) is 12.8 Å². The minimum atomic E-state index is 0.338. The monoisotopic (exact) mass is 218 g/mol. The normalized spacial score (nSPS) is 18.2. The number of pyridine rings is 1. The number of nitrogens with zero attached hydrogens (tertiary/aromatic N) is 3. The highest BCUT2D eigenvalue weighted by Crippen LogP contribution is 2.21. The molecule has 1 saturated heterocycles. The number of hydrogen-bond donors (Lipinski definition) is 1. The highest BCUT2D eigenvalue weighted by atomic mass is 16.5. The van der Waals surface area contributed by atoms with Gasteiger partial charge in [-0.2, -0.15) is 0 Å². The van der Waals surface area contributed by atoms with Crippen LogP contribution in [0, 0.1) is 0 Å². The van der Waals surface area contributed by atoms with Crippen molar-refractivity contribution >= 4 is 16.8 Å². The van der Waals surface area contributed by atoms with E-state index >= 15 is 0 Å². The first-order chi connectivity index (χ1) is 7.83. The average molecular weight is 218 g/mol. The van der Waals surface area contributed by atoms with Crippen molar-refractivity contribution in [2.24, 2.45) is 5.73 Å². The number of piperidine rings is 1. The van der Waals surface area contributed by atoms with Crippen molar-refractivity contribution in [3.05, 3.63) is 18.5 Å². The highest BCUT2D eigenvalue weighted by molar-refractivity contribution is 5.77. The van der Waals surface area contributed by atoms with Crippen molar-refractivity contribution in [1.29, 1.82) is 0 Å². The van der Waals surface area contributed by atoms with Crippen LogP contribution in [0.3, 0.4) is 0 Å². The van der Waals surface area contributed by atoms with Gasteiger partial charge in [0, 0.05) is 31.4 Å². The Morgan fingerprint density at radius 1 is 1.31 bits per heavy atom. The van der Waals surface area contributed by atoms with Gasteiger partial charge in [-0.05, 0) is 12.8 Å². The lowest BCUT2D eigenvalue weighted by atomic mass is 10.1. The number of fused-ring (bicyclic) bond motifs is 1. The summed E-state index contributed by atoms with van der Waals surface area (Å²) in [5.41, 5.74) is 6.66. The molecule has 84 valence electrons. The second kappa shape index (κ2) is 3.75. The van der Waals surface area contributed by atoms with E-state index in [1.165, 1.54) is 0 Å². The average Bonchev–Trinajstić information content (AvgIpc) is 2.77. The predicted octanol–water partition coefficient (Wildman–Crippen LogP) is 1.15. The number of anilines is 1. The summed E-state index contributed by atoms with van der Waals surface area (Å²) in [6.45, 7) is 1.93. The molecule has 1 aliphatic heterocycles. The maximum absolute atomic E-state index is 5.87. The van der Waals surface area contributed by atoms with Crippen LogP contribution >= 0.6 is 0 Å². The Labute approximate surface area is 93.2 Å². The van der Waals surface area contributed by atoms with Crippen LogP contribution < -0.4 is 10.6 Å². The van der Waals surface area contributed by atoms with E-state index in [2.05, 4.69) is 15.0 Å². The molecule has 1 aliphatic rings. The van der Waals surface area contributed by atoms with E-state index in [1.54, 1.807) is 12.4 Å². The SMILES string of the molecule is NC1CCN(c2cc3oncc3cn2)CC1. The van der Waals surface area contributed by atoms with Crippen LogP contribution in [-0.2, 0) is 0 Å². The van der Waals surface area contributed by atoms with Crippen molar-refractivity contribution in [2.75, 3.05) is 18.0 Å². The van der Waals surface area contributed by atoms with Crippen LogP contribution in [0.4, 0.5) is 5.82 Å². The van der Waals surface area contributed by atoms with Gasteiger partial charge in [0.2, 0.25) is 0 Å². The second-order valence-electron chi connectivity index (χ2n) is 4.23. The van der Waals surface area contributed by atoms with Crippen molar-refractivity contribution < 1.29 is 4.52 Å². The van der Waals surface area contributed by atoms with Crippen molar-refractivity contribution in [3.8, 4) is 0 Å². The molecule has 0 amide bonds. The molecule has 5 heteroatoms. The molecule has 0 atom stereocenters. The summed E-state index contributed by atoms with van der Waals surface area (Å²) in [7, 11) is 0. The van der Waals surface area contributed by atoms with Gasteiger partial charge >= 0.3 is 0 Å². The van der Waals surface area contributed by atoms with Crippen molar-refractivity contribution in [2.45, 2.75) is 18.9 Å². The topological polar surface area (TPSA) is 68.2 Å². The van der Waals surface area contributed by atoms with E-state index < -0.39 is 0 Å². The van der Waals surface area contributed by atoms with Crippen LogP contribution in [0.15, 0.2) is 23.0 Å². The number of rotatable bonds is 1. The van der Waals surface area contributed by atoms with Gasteiger partial charge in [0.1, 0.15) is 5.82 Å². The minimum absolute atomic E-state index is 0.338. The first-order valence-corrected chi connectivity index (χ1v) is 5.54. The molecule has 0 saturated carbocycles. The first kappa shape index (κ1) is 9.59. The highest BCUT2D eigenvalue weighted by Gasteiger charge is 2.17. The fourth-order valence-corrected chi connectivity index (χ4v) is 2.05. The van der Waals surface area contributed by atoms with E-state index in [0.29, 0.717) is 6.04 Å². The van der Waals surface area contributed by atoms with E-state index in [0.717, 1.165) is 42.7 Å². The van der Waals surface area contributed by atoms with E-state index in [1.807, 2.05) is 6.07 Å². The zero-order chi connectivity index (χ0) is 11.0. The minimum Gasteiger partial charge on any atom is -0.356 e. The summed E-state index contributed by atoms with van der Waals surface area (Å²) in [6.07, 6.45) is 5.53. The van der Waals surface area contributed by atoms with Gasteiger partial charge in [0.05, 0.1) is 11.6 Å². The molecule has 0 aromatic carbocycles. The number of hydrogen-bond acceptors (Lipinski definition) is 5. The summed E-state index contributed by atoms with van der Waals surface area (Å²) < 4.78 is 5.13. The molecule has 2 N–H and O–H groups in total. The lowest BCUT2D eigenvalue weighted by molar-refractivity contribution is 0.456. The summed E-state index contributed by atoms with van der Waals surface area (Å²) in [5, 5.41) is 4.69. The fraction of sp³-hybridized carbons (Fsp3) is 0.455. The Morgan fingerprint density at radius 3 is 2.94 bits per heavy atom. The molecule has 2 aromatic rings. The summed E-state index contributed by atoms with van der Waals surface area (Å²) in [5.74, 6) is 0.955. The van der Waals surface area contributed by atoms with Gasteiger partial charge in [0.15, 0.2) is 5.58 Å². The van der Waals surface area contributed by atoms with Crippen LogP contribution in [0.25, 0.3) is 11.0 Å². The first-order valence-electron chi connectivity index (χ1n) is 5.54. The number of nitrogens with two attached hydrogens (primary N) is 1. The van der Waals surface area contributed by atoms with Gasteiger partial charge < -0.3 is 15.2 Å². The molecule has 3 rings (SSSR count). The van der Waals surface area contributed by atoms with E-state index in [-0.39, 0.29) is 0 Å². The van der Waals surface area contributed by atoms with E-state index in [9.17, 15) is 0 Å². The molecule has 16 heavy (non-hydrogen) atoms. The van der Waals surface area contributed by atoms with Gasteiger partial charge in [0.25, 0.3) is 0 Å². The molecule has 0 spiro atoms. The largest absolute Gasteiger partial charge is 0.356 e. The zero-order valence-electron chi connectivity index (χ0n) is 8.97. The summed E-state index contributed by atoms with van der Waals surface area (Å²) in [4.78, 5) is 6.65. The molecular formula is C11H14N4O. The Bertz CT molecular complexity index is 487. The molecule has 0 aliphatic carbocycles. The Balaban J connectivity index is 1.87. The Morgan fingerprint density at radius 2 is 2.12 bits per heavy atom. The molecule has 0 radical (unpaired) electrons. The molecule has 1 fully saturated rings. The van der Waals surface area contributed by atoms with Gasteiger partial charge in [-0.25, -0.2) is 4.98 Å². The Hall–Kier alpha value is -1.62. The summed E-state index contributed by atoms with van der Waals surface area (Å²) >= 11 is 0. The van der Waals surface area contributed by atoms with Crippen LogP contribution in [-0.4, -0.2) is 29.3 Å². The maximum atomic E-state index is 5.87. The maximum Gasteiger partial charge on any atom is 0.172 e. The smallest absolute Gasteiger partial charge is 0.172 e. The van der Waals surface area contributed by atoms with Gasteiger partial charge in [-0.1, -0.05) is 5.16 Å². The molecule has 5 nitrogen and oxygen atoms in total. The van der Waals surface area contributed by atoms with E-state index in [4.69, 9.17) is 10.3 Å². The third-order valence-electron chi connectivity index (χ3n) is 3.09. The van der Waals surface area contributed by atoms with Crippen LogP contribution in [0.2, 0.25) is 0 Å². The third-order valence-corrected chi connectivity index (χ3v) is 3.09. The molecular weight excluding hydrogens is 204 g/mol. The second-order valence-corrected chi connectivity index (χ2v) is 4.23. The van der Waals surface area contributed by atoms with Gasteiger partial charge in [-0.3, -0.25) is 0 Å². The molecule has 2 aromatic heterocycles. The Kier molecular flexibility index (Phi) is 2.25. The summed E-state index contributed by atoms with van der Waals surface area (Å²) in [6, 6.07) is 2.28. The lowest BCUT2D eigenvalue weighted by Gasteiger charge is -2.30. The molecule has 0 bridgehead atoms. The quantitative estimate of drug-likeness (QED) is 0.777. The molecule has 3 heterocycles. The fourth-order valence-electron chi connectivity index (χ4n) is 2.05. The lowest BCUT2D eigenvalue weighted by Crippen LogP contribution is -2.40. The van der Waals surface area contributed by atoms with Crippen molar-refractivity contribution in [3.63, 3.8) is 0 Å². The standard InChI is InChI=1S/C11H14N4O/c12-9-1-3-15(4-2-9)11-5-10-8(6-13-11)7-14-16-10/h5-7,9H,1-4,12H2.